The maximum Gasteiger partial charge on any atom is 0.514 e. The van der Waals surface area contributed by atoms with Gasteiger partial charge in [-0.15, -0.1) is 20.0 Å². The minimum atomic E-state index is -5.71. The lowest BCUT2D eigenvalue weighted by Crippen LogP contribution is -2.43. The Morgan fingerprint density at radius 1 is 0.892 bits per heavy atom. The number of rotatable bonds is 12. The number of carbonyl (C=O) groups excluding carboxylic acids is 1. The Bertz CT molecular complexity index is 1240. The van der Waals surface area contributed by atoms with E-state index >= 15 is 8.78 Å². The molecular formula is C26H29ClF2NO5S2+. The van der Waals surface area contributed by atoms with Crippen LogP contribution in [0.3, 0.4) is 0 Å². The highest BCUT2D eigenvalue weighted by Gasteiger charge is 2.63. The van der Waals surface area contributed by atoms with Crippen LogP contribution in [0, 0.1) is 6.92 Å². The molecule has 0 amide bonds. The van der Waals surface area contributed by atoms with E-state index in [9.17, 15) is 13.2 Å². The maximum atomic E-state index is 15.2. The summed E-state index contributed by atoms with van der Waals surface area (Å²) in [5, 5.41) is -4.90. The summed E-state index contributed by atoms with van der Waals surface area (Å²) in [6, 6.07) is 23.6. The monoisotopic (exact) mass is 572 g/mol. The first kappa shape index (κ1) is 29.1. The van der Waals surface area contributed by atoms with Crippen molar-refractivity contribution >= 4 is 38.0 Å². The summed E-state index contributed by atoms with van der Waals surface area (Å²) in [6.07, 6.45) is 0. The van der Waals surface area contributed by atoms with E-state index in [-0.39, 0.29) is 6.54 Å². The lowest BCUT2D eigenvalue weighted by atomic mass is 10.2. The predicted octanol–water partition coefficient (Wildman–Crippen LogP) is 5.92. The molecule has 0 heterocycles. The van der Waals surface area contributed by atoms with E-state index in [1.165, 1.54) is 0 Å². The van der Waals surface area contributed by atoms with Crippen LogP contribution >= 0.6 is 21.9 Å². The van der Waals surface area contributed by atoms with Crippen LogP contribution in [0.2, 0.25) is 0 Å². The Morgan fingerprint density at radius 2 is 1.38 bits per heavy atom. The summed E-state index contributed by atoms with van der Waals surface area (Å²) in [4.78, 5) is 15.3. The molecule has 0 fully saturated rings. The predicted molar refractivity (Wildman–Crippen MR) is 142 cm³/mol. The summed E-state index contributed by atoms with van der Waals surface area (Å²) < 4.78 is 65.6. The van der Waals surface area contributed by atoms with Gasteiger partial charge in [-0.2, -0.15) is 8.78 Å². The van der Waals surface area contributed by atoms with Gasteiger partial charge < -0.3 is 9.64 Å². The minimum absolute atomic E-state index is 0.109. The molecule has 0 saturated heterocycles. The molecule has 3 aromatic rings. The van der Waals surface area contributed by atoms with Crippen molar-refractivity contribution in [2.45, 2.75) is 26.9 Å². The van der Waals surface area contributed by atoms with Crippen molar-refractivity contribution in [3.8, 4) is 0 Å². The highest BCUT2D eigenvalue weighted by atomic mass is 35.5. The number of likely N-dealkylation sites (N-methyl/N-ethyl adjacent to an activating group) is 1. The number of alkyl halides is 3. The number of hydrogen-bond acceptors (Lipinski definition) is 5. The van der Waals surface area contributed by atoms with Gasteiger partial charge in [-0.05, 0) is 50.4 Å². The molecule has 11 heteroatoms. The van der Waals surface area contributed by atoms with Gasteiger partial charge in [0.15, 0.2) is 0 Å². The fourth-order valence-corrected chi connectivity index (χ4v) is 9.03. The SMILES string of the molecule is Cc1ccc(S([OH+]S(=O)(=O)C(F)(F)C(=O)OCCN(C)CCCl)(c2ccccc2)c2ccccc2)cc1. The first-order chi connectivity index (χ1) is 17.5. The molecule has 0 unspecified atom stereocenters. The van der Waals surface area contributed by atoms with E-state index in [0.717, 1.165) is 5.56 Å². The summed E-state index contributed by atoms with van der Waals surface area (Å²) in [7, 11) is -7.19. The molecule has 0 aromatic heterocycles. The van der Waals surface area contributed by atoms with E-state index in [2.05, 4.69) is 8.37 Å². The Morgan fingerprint density at radius 3 is 1.86 bits per heavy atom. The van der Waals surface area contributed by atoms with Crippen LogP contribution in [0.4, 0.5) is 8.78 Å². The number of carbonyl (C=O) groups is 1. The summed E-state index contributed by atoms with van der Waals surface area (Å²) >= 11 is 5.63. The third-order valence-electron chi connectivity index (χ3n) is 5.47. The van der Waals surface area contributed by atoms with Gasteiger partial charge in [0.05, 0.1) is 25.0 Å². The van der Waals surface area contributed by atoms with Crippen molar-refractivity contribution in [2.24, 2.45) is 0 Å². The van der Waals surface area contributed by atoms with E-state index < -0.39 is 38.3 Å². The van der Waals surface area contributed by atoms with E-state index in [1.54, 1.807) is 96.9 Å². The first-order valence-corrected chi connectivity index (χ1v) is 14.9. The summed E-state index contributed by atoms with van der Waals surface area (Å²) in [5.41, 5.74) is 0.897. The zero-order valence-electron chi connectivity index (χ0n) is 20.4. The Hall–Kier alpha value is -2.50. The van der Waals surface area contributed by atoms with Crippen molar-refractivity contribution in [3.05, 3.63) is 90.5 Å². The molecule has 0 saturated carbocycles. The highest BCUT2D eigenvalue weighted by molar-refractivity contribution is 8.32. The fourth-order valence-electron chi connectivity index (χ4n) is 3.44. The molecule has 3 rings (SSSR count). The van der Waals surface area contributed by atoms with Crippen molar-refractivity contribution in [2.75, 3.05) is 32.6 Å². The smallest absolute Gasteiger partial charge is 0.459 e. The fraction of sp³-hybridized carbons (Fsp3) is 0.269. The van der Waals surface area contributed by atoms with Gasteiger partial charge in [-0.1, -0.05) is 54.1 Å². The van der Waals surface area contributed by atoms with Crippen molar-refractivity contribution in [3.63, 3.8) is 0 Å². The quantitative estimate of drug-likeness (QED) is 0.116. The molecule has 200 valence electrons. The normalized spacial score (nSPS) is 12.9. The van der Waals surface area contributed by atoms with Crippen LogP contribution in [0.15, 0.2) is 99.6 Å². The van der Waals surface area contributed by atoms with Crippen molar-refractivity contribution in [1.82, 2.24) is 4.90 Å². The number of aryl methyl sites for hydroxylation is 1. The summed E-state index contributed by atoms with van der Waals surface area (Å²) in [6.45, 7) is 1.98. The molecule has 0 bridgehead atoms. The third kappa shape index (κ3) is 6.50. The van der Waals surface area contributed by atoms with Crippen molar-refractivity contribution < 1.29 is 30.4 Å². The standard InChI is InChI=1S/C26H28ClF2NO5S2/c1-21-13-15-24(16-14-21)36(22-9-5-3-6-10-22,23-11-7-4-8-12-23)35-37(32,33)26(28,29)25(31)34-20-19-30(2)18-17-27/h3-16H,17-20H2,1-2H3/p+1. The van der Waals surface area contributed by atoms with Crippen LogP contribution in [0.5, 0.6) is 0 Å². The number of esters is 1. The number of ether oxygens (including phenoxy) is 1. The molecule has 0 aliphatic rings. The molecule has 0 radical (unpaired) electrons. The molecule has 0 spiro atoms. The highest BCUT2D eigenvalue weighted by Crippen LogP contribution is 2.68. The molecule has 0 aliphatic heterocycles. The molecule has 3 aromatic carbocycles. The van der Waals surface area contributed by atoms with Gasteiger partial charge in [0.25, 0.3) is 0 Å². The number of nitrogens with zero attached hydrogens (tertiary/aromatic N) is 1. The lowest BCUT2D eigenvalue weighted by Gasteiger charge is -2.35. The van der Waals surface area contributed by atoms with Crippen LogP contribution in [-0.2, 0) is 19.6 Å². The van der Waals surface area contributed by atoms with Crippen LogP contribution in [0.25, 0.3) is 0 Å². The molecular weight excluding hydrogens is 544 g/mol. The molecule has 0 atom stereocenters. The van der Waals surface area contributed by atoms with Crippen LogP contribution in [-0.4, -0.2) is 60.8 Å². The van der Waals surface area contributed by atoms with Gasteiger partial charge in [0.1, 0.15) is 6.61 Å². The molecule has 37 heavy (non-hydrogen) atoms. The third-order valence-corrected chi connectivity index (χ3v) is 11.0. The topological polar surface area (TPSA) is 76.5 Å². The Labute approximate surface area is 222 Å². The van der Waals surface area contributed by atoms with Gasteiger partial charge in [0.2, 0.25) is 0 Å². The maximum absolute atomic E-state index is 15.2. The van der Waals surface area contributed by atoms with Gasteiger partial charge in [-0.25, -0.2) is 4.79 Å². The zero-order chi connectivity index (χ0) is 27.1. The number of hydrogen-bond donors (Lipinski definition) is 0. The van der Waals surface area contributed by atoms with Crippen molar-refractivity contribution in [1.29, 1.82) is 0 Å². The summed E-state index contributed by atoms with van der Waals surface area (Å²) in [5.74, 6) is -1.87. The lowest BCUT2D eigenvalue weighted by molar-refractivity contribution is -0.161. The number of halogens is 3. The second-order valence-electron chi connectivity index (χ2n) is 8.21. The van der Waals surface area contributed by atoms with Gasteiger partial charge >= 0.3 is 21.3 Å². The second-order valence-corrected chi connectivity index (χ2v) is 13.2. The van der Waals surface area contributed by atoms with E-state index in [4.69, 9.17) is 11.6 Å². The molecule has 0 aliphatic carbocycles. The van der Waals surface area contributed by atoms with Gasteiger partial charge in [0, 0.05) is 19.0 Å². The van der Waals surface area contributed by atoms with Gasteiger partial charge in [-0.3, -0.25) is 3.63 Å². The Balaban J connectivity index is 2.08. The number of benzene rings is 3. The minimum Gasteiger partial charge on any atom is -0.459 e. The zero-order valence-corrected chi connectivity index (χ0v) is 22.8. The Kier molecular flexibility index (Phi) is 9.71. The average molecular weight is 573 g/mol. The van der Waals surface area contributed by atoms with E-state index in [0.29, 0.717) is 27.1 Å². The van der Waals surface area contributed by atoms with Crippen LogP contribution in [0.1, 0.15) is 5.56 Å². The molecule has 6 nitrogen and oxygen atoms in total. The van der Waals surface area contributed by atoms with E-state index in [1.807, 2.05) is 6.92 Å². The largest absolute Gasteiger partial charge is 0.514 e. The molecule has 1 N–H and O–H groups in total. The second kappa shape index (κ2) is 12.4. The van der Waals surface area contributed by atoms with Crippen LogP contribution < -0.4 is 0 Å². The average Bonchev–Trinajstić information content (AvgIpc) is 2.89. The first-order valence-electron chi connectivity index (χ1n) is 11.3.